The summed E-state index contributed by atoms with van der Waals surface area (Å²) in [5, 5.41) is 3.33. The van der Waals surface area contributed by atoms with Crippen molar-refractivity contribution in [3.8, 4) is 0 Å². The Hall–Kier alpha value is -0.920. The molecule has 2 atom stereocenters. The highest BCUT2D eigenvalue weighted by Gasteiger charge is 2.08. The van der Waals surface area contributed by atoms with E-state index in [9.17, 15) is 0 Å². The smallest absolute Gasteiger partial charge is 0.0371 e. The average molecular weight is 224 g/mol. The monoisotopic (exact) mass is 224 g/mol. The molecular formula is C14H28N2. The zero-order valence-electron chi connectivity index (χ0n) is 11.3. The summed E-state index contributed by atoms with van der Waals surface area (Å²) < 4.78 is 0. The molecule has 0 amide bonds. The number of hydrogen-bond donors (Lipinski definition) is 2. The van der Waals surface area contributed by atoms with Gasteiger partial charge in [-0.25, -0.2) is 0 Å². The summed E-state index contributed by atoms with van der Waals surface area (Å²) in [7, 11) is 0. The Morgan fingerprint density at radius 2 is 2.00 bits per heavy atom. The van der Waals surface area contributed by atoms with E-state index in [4.69, 9.17) is 5.73 Å². The first-order valence-electron chi connectivity index (χ1n) is 6.31. The summed E-state index contributed by atoms with van der Waals surface area (Å²) in [6.07, 6.45) is 5.40. The average Bonchev–Trinajstić information content (AvgIpc) is 2.31. The molecule has 0 aromatic rings. The molecule has 0 aromatic carbocycles. The third-order valence-electron chi connectivity index (χ3n) is 3.26. The maximum atomic E-state index is 5.42. The van der Waals surface area contributed by atoms with Gasteiger partial charge in [-0.1, -0.05) is 40.2 Å². The fraction of sp³-hybridized carbons (Fsp3) is 0.714. The van der Waals surface area contributed by atoms with Gasteiger partial charge in [-0.2, -0.15) is 0 Å². The molecule has 0 heterocycles. The third kappa shape index (κ3) is 6.54. The Morgan fingerprint density at radius 1 is 1.38 bits per heavy atom. The van der Waals surface area contributed by atoms with Crippen molar-refractivity contribution in [2.75, 3.05) is 6.54 Å². The molecule has 94 valence electrons. The van der Waals surface area contributed by atoms with Gasteiger partial charge in [0.05, 0.1) is 0 Å². The van der Waals surface area contributed by atoms with E-state index in [2.05, 4.69) is 32.7 Å². The Balaban J connectivity index is 3.82. The van der Waals surface area contributed by atoms with Crippen molar-refractivity contribution in [2.24, 2.45) is 17.6 Å². The van der Waals surface area contributed by atoms with Crippen LogP contribution in [0, 0.1) is 11.8 Å². The van der Waals surface area contributed by atoms with Gasteiger partial charge in [-0.15, -0.1) is 0 Å². The lowest BCUT2D eigenvalue weighted by Gasteiger charge is -2.18. The molecule has 2 unspecified atom stereocenters. The molecule has 0 radical (unpaired) electrons. The summed E-state index contributed by atoms with van der Waals surface area (Å²) in [4.78, 5) is 0. The van der Waals surface area contributed by atoms with E-state index < -0.39 is 0 Å². The standard InChI is InChI=1S/C14H28N2/c1-6-11(2)7-8-13(4)14(5)16-10-12(3)9-15/h9,11,13,16H,5-8,10,15H2,1-4H3/b12-9+. The summed E-state index contributed by atoms with van der Waals surface area (Å²) in [5.41, 5.74) is 7.70. The summed E-state index contributed by atoms with van der Waals surface area (Å²) >= 11 is 0. The van der Waals surface area contributed by atoms with E-state index in [0.29, 0.717) is 5.92 Å². The van der Waals surface area contributed by atoms with Crippen molar-refractivity contribution in [1.29, 1.82) is 0 Å². The Labute approximate surface area is 101 Å². The van der Waals surface area contributed by atoms with E-state index >= 15 is 0 Å². The maximum Gasteiger partial charge on any atom is 0.0371 e. The van der Waals surface area contributed by atoms with Gasteiger partial charge in [0, 0.05) is 12.2 Å². The minimum Gasteiger partial charge on any atom is -0.405 e. The Morgan fingerprint density at radius 3 is 2.50 bits per heavy atom. The van der Waals surface area contributed by atoms with E-state index in [-0.39, 0.29) is 0 Å². The SMILES string of the molecule is C=C(NC/C(C)=C/N)C(C)CCC(C)CC. The first-order chi connectivity index (χ1) is 7.51. The lowest BCUT2D eigenvalue weighted by atomic mass is 9.95. The number of rotatable bonds is 8. The first-order valence-corrected chi connectivity index (χ1v) is 6.31. The molecule has 0 aliphatic carbocycles. The highest BCUT2D eigenvalue weighted by atomic mass is 14.9. The highest BCUT2D eigenvalue weighted by molar-refractivity contribution is 5.04. The van der Waals surface area contributed by atoms with Crippen molar-refractivity contribution >= 4 is 0 Å². The van der Waals surface area contributed by atoms with E-state index in [0.717, 1.165) is 23.7 Å². The van der Waals surface area contributed by atoms with Gasteiger partial charge >= 0.3 is 0 Å². The molecule has 0 rings (SSSR count). The minimum absolute atomic E-state index is 0.541. The normalized spacial score (nSPS) is 15.6. The van der Waals surface area contributed by atoms with Gasteiger partial charge < -0.3 is 11.1 Å². The quantitative estimate of drug-likeness (QED) is 0.663. The van der Waals surface area contributed by atoms with Crippen LogP contribution in [0.3, 0.4) is 0 Å². The van der Waals surface area contributed by atoms with Crippen LogP contribution in [0.25, 0.3) is 0 Å². The molecule has 0 fully saturated rings. The molecule has 0 bridgehead atoms. The lowest BCUT2D eigenvalue weighted by molar-refractivity contribution is 0.441. The van der Waals surface area contributed by atoms with Gasteiger partial charge in [0.2, 0.25) is 0 Å². The molecule has 0 aliphatic heterocycles. The lowest BCUT2D eigenvalue weighted by Crippen LogP contribution is -2.20. The minimum atomic E-state index is 0.541. The largest absolute Gasteiger partial charge is 0.405 e. The van der Waals surface area contributed by atoms with Crippen LogP contribution < -0.4 is 11.1 Å². The molecule has 0 saturated carbocycles. The number of nitrogens with one attached hydrogen (secondary N) is 1. The Bertz CT molecular complexity index is 231. The molecule has 0 spiro atoms. The van der Waals surface area contributed by atoms with Gasteiger partial charge in [0.1, 0.15) is 0 Å². The zero-order valence-corrected chi connectivity index (χ0v) is 11.3. The van der Waals surface area contributed by atoms with Crippen molar-refractivity contribution in [3.63, 3.8) is 0 Å². The Kier molecular flexibility index (Phi) is 7.78. The first kappa shape index (κ1) is 15.1. The fourth-order valence-electron chi connectivity index (χ4n) is 1.40. The van der Waals surface area contributed by atoms with Gasteiger partial charge in [-0.05, 0) is 37.0 Å². The van der Waals surface area contributed by atoms with Crippen LogP contribution in [-0.2, 0) is 0 Å². The molecule has 0 aliphatic rings. The molecule has 0 aromatic heterocycles. The van der Waals surface area contributed by atoms with Crippen LogP contribution >= 0.6 is 0 Å². The van der Waals surface area contributed by atoms with Crippen LogP contribution in [0.4, 0.5) is 0 Å². The second-order valence-corrected chi connectivity index (χ2v) is 4.88. The van der Waals surface area contributed by atoms with E-state index in [1.165, 1.54) is 19.3 Å². The van der Waals surface area contributed by atoms with Gasteiger partial charge in [0.25, 0.3) is 0 Å². The predicted molar refractivity (Wildman–Crippen MR) is 72.9 cm³/mol. The molecule has 0 saturated heterocycles. The van der Waals surface area contributed by atoms with E-state index in [1.54, 1.807) is 6.20 Å². The molecule has 16 heavy (non-hydrogen) atoms. The molecular weight excluding hydrogens is 196 g/mol. The highest BCUT2D eigenvalue weighted by Crippen LogP contribution is 2.18. The van der Waals surface area contributed by atoms with Crippen LogP contribution in [-0.4, -0.2) is 6.54 Å². The van der Waals surface area contributed by atoms with Crippen LogP contribution in [0.5, 0.6) is 0 Å². The number of hydrogen-bond acceptors (Lipinski definition) is 2. The number of allylic oxidation sites excluding steroid dienone is 1. The fourth-order valence-corrected chi connectivity index (χ4v) is 1.40. The topological polar surface area (TPSA) is 38.0 Å². The van der Waals surface area contributed by atoms with Crippen molar-refractivity contribution in [2.45, 2.75) is 47.0 Å². The summed E-state index contributed by atoms with van der Waals surface area (Å²) in [6.45, 7) is 13.7. The van der Waals surface area contributed by atoms with Crippen LogP contribution in [0.2, 0.25) is 0 Å². The molecule has 3 N–H and O–H groups in total. The van der Waals surface area contributed by atoms with Crippen molar-refractivity contribution < 1.29 is 0 Å². The van der Waals surface area contributed by atoms with Crippen molar-refractivity contribution in [1.82, 2.24) is 5.32 Å². The maximum absolute atomic E-state index is 5.42. The predicted octanol–water partition coefficient (Wildman–Crippen LogP) is 3.41. The van der Waals surface area contributed by atoms with Crippen LogP contribution in [0.15, 0.2) is 24.0 Å². The summed E-state index contributed by atoms with van der Waals surface area (Å²) in [6, 6.07) is 0. The van der Waals surface area contributed by atoms with Gasteiger partial charge in [-0.3, -0.25) is 0 Å². The molecule has 2 nitrogen and oxygen atoms in total. The van der Waals surface area contributed by atoms with E-state index in [1.807, 2.05) is 6.92 Å². The second-order valence-electron chi connectivity index (χ2n) is 4.88. The van der Waals surface area contributed by atoms with Crippen molar-refractivity contribution in [3.05, 3.63) is 24.0 Å². The van der Waals surface area contributed by atoms with Crippen LogP contribution in [0.1, 0.15) is 47.0 Å². The molecule has 2 heteroatoms. The zero-order chi connectivity index (χ0) is 12.6. The van der Waals surface area contributed by atoms with Gasteiger partial charge in [0.15, 0.2) is 0 Å². The third-order valence-corrected chi connectivity index (χ3v) is 3.26. The number of nitrogens with two attached hydrogens (primary N) is 1. The second kappa shape index (κ2) is 8.26. The summed E-state index contributed by atoms with van der Waals surface area (Å²) in [5.74, 6) is 1.36.